The Morgan fingerprint density at radius 1 is 1.03 bits per heavy atom. The molecule has 8 heteroatoms. The Hall–Kier alpha value is -3.10. The Kier molecular flexibility index (Phi) is 7.43. The molecule has 0 aromatic heterocycles. The summed E-state index contributed by atoms with van der Waals surface area (Å²) in [4.78, 5) is 31.5. The smallest absolute Gasteiger partial charge is 0.254 e. The van der Waals surface area contributed by atoms with Gasteiger partial charge in [-0.3, -0.25) is 14.5 Å². The molecule has 2 aromatic rings. The van der Waals surface area contributed by atoms with E-state index in [1.165, 1.54) is 0 Å². The van der Waals surface area contributed by atoms with Crippen LogP contribution in [-0.2, 0) is 16.0 Å². The van der Waals surface area contributed by atoms with Crippen molar-refractivity contribution in [2.45, 2.75) is 32.2 Å². The average molecular weight is 494 g/mol. The maximum Gasteiger partial charge on any atom is 0.254 e. The van der Waals surface area contributed by atoms with Crippen LogP contribution in [0.4, 0.5) is 0 Å². The Labute approximate surface area is 212 Å². The number of ether oxygens (including phenoxy) is 3. The quantitative estimate of drug-likeness (QED) is 0.609. The number of hydrogen-bond acceptors (Lipinski definition) is 6. The van der Waals surface area contributed by atoms with Crippen LogP contribution in [0, 0.1) is 0 Å². The van der Waals surface area contributed by atoms with E-state index in [0.717, 1.165) is 49.5 Å². The normalized spacial score (nSPS) is 21.3. The largest absolute Gasteiger partial charge is 0.490 e. The molecule has 36 heavy (non-hydrogen) atoms. The van der Waals surface area contributed by atoms with Crippen LogP contribution in [0.25, 0.3) is 0 Å². The van der Waals surface area contributed by atoms with Crippen molar-refractivity contribution >= 4 is 11.8 Å². The second-order valence-corrected chi connectivity index (χ2v) is 9.37. The Morgan fingerprint density at radius 3 is 2.50 bits per heavy atom. The van der Waals surface area contributed by atoms with E-state index in [1.54, 1.807) is 0 Å². The third-order valence-corrected chi connectivity index (χ3v) is 7.30. The molecule has 1 N–H and O–H groups in total. The predicted octanol–water partition coefficient (Wildman–Crippen LogP) is 2.77. The molecule has 0 spiro atoms. The third kappa shape index (κ3) is 4.67. The van der Waals surface area contributed by atoms with Gasteiger partial charge in [0.05, 0.1) is 38.4 Å². The van der Waals surface area contributed by atoms with Gasteiger partial charge in [0, 0.05) is 38.3 Å². The number of rotatable bonds is 8. The first-order valence-electron chi connectivity index (χ1n) is 13.0. The maximum absolute atomic E-state index is 13.8. The van der Waals surface area contributed by atoms with Crippen LogP contribution in [0.3, 0.4) is 0 Å². The van der Waals surface area contributed by atoms with Gasteiger partial charge in [-0.15, -0.1) is 0 Å². The second kappa shape index (κ2) is 10.9. The minimum absolute atomic E-state index is 0.0227. The van der Waals surface area contributed by atoms with Gasteiger partial charge < -0.3 is 24.4 Å². The first-order valence-corrected chi connectivity index (χ1v) is 13.0. The van der Waals surface area contributed by atoms with E-state index in [0.29, 0.717) is 49.8 Å². The van der Waals surface area contributed by atoms with Crippen LogP contribution in [0.15, 0.2) is 36.4 Å². The van der Waals surface area contributed by atoms with Gasteiger partial charge in [0.25, 0.3) is 5.91 Å². The topological polar surface area (TPSA) is 80.3 Å². The Bertz CT molecular complexity index is 1110. The van der Waals surface area contributed by atoms with Gasteiger partial charge in [0.2, 0.25) is 5.91 Å². The van der Waals surface area contributed by atoms with Crippen LogP contribution in [-0.4, -0.2) is 80.8 Å². The van der Waals surface area contributed by atoms with E-state index < -0.39 is 12.0 Å². The lowest BCUT2D eigenvalue weighted by Gasteiger charge is -2.45. The highest BCUT2D eigenvalue weighted by Crippen LogP contribution is 2.48. The van der Waals surface area contributed by atoms with Crippen molar-refractivity contribution in [3.8, 4) is 11.5 Å². The SMILES string of the molecule is CCOc1cc2c(cc1OCC)[C@@H]1[C@H](C(=O)NCCN3CCOCC3)c3ccccc3C(=O)N1CC2. The summed E-state index contributed by atoms with van der Waals surface area (Å²) in [5.41, 5.74) is 3.46. The summed E-state index contributed by atoms with van der Waals surface area (Å²) in [5.74, 6) is 0.775. The average Bonchev–Trinajstić information content (AvgIpc) is 2.90. The zero-order valence-electron chi connectivity index (χ0n) is 21.1. The van der Waals surface area contributed by atoms with E-state index in [2.05, 4.69) is 10.2 Å². The highest BCUT2D eigenvalue weighted by atomic mass is 16.5. The van der Waals surface area contributed by atoms with Crippen molar-refractivity contribution < 1.29 is 23.8 Å². The molecule has 0 aliphatic carbocycles. The summed E-state index contributed by atoms with van der Waals surface area (Å²) in [6.07, 6.45) is 0.706. The van der Waals surface area contributed by atoms with E-state index in [4.69, 9.17) is 14.2 Å². The number of amides is 2. The zero-order valence-corrected chi connectivity index (χ0v) is 21.1. The summed E-state index contributed by atoms with van der Waals surface area (Å²) >= 11 is 0. The van der Waals surface area contributed by atoms with Gasteiger partial charge in [-0.25, -0.2) is 0 Å². The van der Waals surface area contributed by atoms with E-state index in [1.807, 2.05) is 55.1 Å². The molecule has 8 nitrogen and oxygen atoms in total. The fourth-order valence-electron chi connectivity index (χ4n) is 5.63. The van der Waals surface area contributed by atoms with Crippen LogP contribution >= 0.6 is 0 Å². The van der Waals surface area contributed by atoms with Crippen LogP contribution in [0.2, 0.25) is 0 Å². The third-order valence-electron chi connectivity index (χ3n) is 7.30. The highest BCUT2D eigenvalue weighted by Gasteiger charge is 2.46. The second-order valence-electron chi connectivity index (χ2n) is 9.37. The molecule has 2 amide bonds. The van der Waals surface area contributed by atoms with E-state index in [-0.39, 0.29) is 11.8 Å². The van der Waals surface area contributed by atoms with Crippen LogP contribution < -0.4 is 14.8 Å². The molecular weight excluding hydrogens is 458 g/mol. The summed E-state index contributed by atoms with van der Waals surface area (Å²) in [6.45, 7) is 10.0. The van der Waals surface area contributed by atoms with Crippen molar-refractivity contribution in [1.29, 1.82) is 0 Å². The number of nitrogens with one attached hydrogen (secondary N) is 1. The molecule has 1 saturated heterocycles. The molecule has 1 fully saturated rings. The number of hydrogen-bond donors (Lipinski definition) is 1. The molecular formula is C28H35N3O5. The molecule has 0 radical (unpaired) electrons. The van der Waals surface area contributed by atoms with Gasteiger partial charge in [-0.1, -0.05) is 18.2 Å². The maximum atomic E-state index is 13.8. The Balaban J connectivity index is 1.49. The molecule has 3 aliphatic rings. The monoisotopic (exact) mass is 493 g/mol. The number of nitrogens with zero attached hydrogens (tertiary/aromatic N) is 2. The van der Waals surface area contributed by atoms with E-state index >= 15 is 0 Å². The van der Waals surface area contributed by atoms with Gasteiger partial charge in [0.15, 0.2) is 11.5 Å². The molecule has 2 aromatic carbocycles. The molecule has 5 rings (SSSR count). The van der Waals surface area contributed by atoms with Crippen molar-refractivity contribution in [3.63, 3.8) is 0 Å². The summed E-state index contributed by atoms with van der Waals surface area (Å²) in [7, 11) is 0. The highest BCUT2D eigenvalue weighted by molar-refractivity contribution is 6.01. The first kappa shape index (κ1) is 24.6. The number of carbonyl (C=O) groups excluding carboxylic acids is 2. The molecule has 3 aliphatic heterocycles. The first-order chi connectivity index (χ1) is 17.6. The fourth-order valence-corrected chi connectivity index (χ4v) is 5.63. The van der Waals surface area contributed by atoms with Crippen molar-refractivity contribution in [3.05, 3.63) is 58.7 Å². The van der Waals surface area contributed by atoms with Gasteiger partial charge >= 0.3 is 0 Å². The van der Waals surface area contributed by atoms with Crippen molar-refractivity contribution in [1.82, 2.24) is 15.1 Å². The molecule has 2 atom stereocenters. The molecule has 0 saturated carbocycles. The lowest BCUT2D eigenvalue weighted by atomic mass is 9.75. The zero-order chi connectivity index (χ0) is 25.1. The lowest BCUT2D eigenvalue weighted by molar-refractivity contribution is -0.124. The van der Waals surface area contributed by atoms with Crippen LogP contribution in [0.1, 0.15) is 52.9 Å². The number of carbonyl (C=O) groups is 2. The summed E-state index contributed by atoms with van der Waals surface area (Å²) in [6, 6.07) is 11.1. The lowest BCUT2D eigenvalue weighted by Crippen LogP contribution is -2.50. The van der Waals surface area contributed by atoms with Gasteiger partial charge in [-0.2, -0.15) is 0 Å². The van der Waals surface area contributed by atoms with Crippen molar-refractivity contribution in [2.24, 2.45) is 0 Å². The molecule has 3 heterocycles. The van der Waals surface area contributed by atoms with Gasteiger partial charge in [-0.05, 0) is 55.2 Å². The predicted molar refractivity (Wildman–Crippen MR) is 136 cm³/mol. The van der Waals surface area contributed by atoms with E-state index in [9.17, 15) is 9.59 Å². The molecule has 0 unspecified atom stereocenters. The molecule has 192 valence electrons. The molecule has 0 bridgehead atoms. The minimum Gasteiger partial charge on any atom is -0.490 e. The van der Waals surface area contributed by atoms with Crippen molar-refractivity contribution in [2.75, 3.05) is 59.2 Å². The number of fused-ring (bicyclic) bond motifs is 4. The fraction of sp³-hybridized carbons (Fsp3) is 0.500. The Morgan fingerprint density at radius 2 is 1.75 bits per heavy atom. The summed E-state index contributed by atoms with van der Waals surface area (Å²) in [5, 5.41) is 3.18. The van der Waals surface area contributed by atoms with Gasteiger partial charge in [0.1, 0.15) is 0 Å². The number of benzene rings is 2. The number of morpholine rings is 1. The standard InChI is InChI=1S/C28H35N3O5/c1-3-35-23-17-19-9-11-31-26(22(19)18-24(23)36-4-2)25(20-7-5-6-8-21(20)28(31)33)27(32)29-10-12-30-13-15-34-16-14-30/h5-8,17-18,25-26H,3-4,9-16H2,1-2H3,(H,29,32)/t25-,26-/m1/s1. The summed E-state index contributed by atoms with van der Waals surface area (Å²) < 4.78 is 17.2. The van der Waals surface area contributed by atoms with Crippen LogP contribution in [0.5, 0.6) is 11.5 Å². The minimum atomic E-state index is -0.505.